The largest absolute Gasteiger partial charge is 0.497 e. The van der Waals surface area contributed by atoms with Gasteiger partial charge in [-0.15, -0.1) is 0 Å². The van der Waals surface area contributed by atoms with Gasteiger partial charge in [-0.05, 0) is 59.5 Å². The number of rotatable bonds is 9. The Morgan fingerprint density at radius 2 is 1.88 bits per heavy atom. The zero-order chi connectivity index (χ0) is 23.8. The first-order chi connectivity index (χ1) is 16.6. The average molecular weight is 467 g/mol. The van der Waals surface area contributed by atoms with Crippen LogP contribution in [0.2, 0.25) is 0 Å². The van der Waals surface area contributed by atoms with Crippen LogP contribution >= 0.6 is 0 Å². The third kappa shape index (κ3) is 6.46. The molecular weight excluding hydrogens is 439 g/mol. The molecule has 0 fully saturated rings. The Bertz CT molecular complexity index is 1120. The van der Waals surface area contributed by atoms with E-state index in [1.807, 2.05) is 48.5 Å². The van der Waals surface area contributed by atoms with E-state index in [9.17, 15) is 9.18 Å². The van der Waals surface area contributed by atoms with Gasteiger partial charge in [-0.2, -0.15) is 0 Å². The predicted octanol–water partition coefficient (Wildman–Crippen LogP) is 4.78. The molecule has 0 saturated heterocycles. The number of hydrogen-bond acceptors (Lipinski definition) is 5. The fourth-order valence-corrected chi connectivity index (χ4v) is 3.68. The number of carbonyl (C=O) groups is 1. The van der Waals surface area contributed by atoms with E-state index in [4.69, 9.17) is 18.9 Å². The lowest BCUT2D eigenvalue weighted by Gasteiger charge is -2.21. The van der Waals surface area contributed by atoms with Gasteiger partial charge in [0, 0.05) is 17.8 Å². The van der Waals surface area contributed by atoms with Crippen molar-refractivity contribution in [3.63, 3.8) is 0 Å². The highest BCUT2D eigenvalue weighted by Gasteiger charge is 2.17. The molecule has 0 atom stereocenters. The van der Waals surface area contributed by atoms with E-state index < -0.39 is 0 Å². The topological polar surface area (TPSA) is 78.1 Å². The third-order valence-electron chi connectivity index (χ3n) is 5.31. The van der Waals surface area contributed by atoms with E-state index in [0.29, 0.717) is 55.4 Å². The van der Waals surface area contributed by atoms with Crippen LogP contribution in [0.3, 0.4) is 0 Å². The van der Waals surface area contributed by atoms with Crippen LogP contribution in [0.4, 0.5) is 14.9 Å². The standard InChI is InChI=1S/C26H27FN2O5/c1-31-24-7-5-18(6-8-24)14-32-15-19-3-2-4-23(11-19)29-26(30)28-10-9-20-12-22(27)13-21-16-33-17-34-25(20)21/h2-8,11-13H,9-10,14-17H2,1H3,(H2,28,29,30). The van der Waals surface area contributed by atoms with E-state index >= 15 is 0 Å². The number of methoxy groups -OCH3 is 1. The average Bonchev–Trinajstić information content (AvgIpc) is 2.84. The summed E-state index contributed by atoms with van der Waals surface area (Å²) >= 11 is 0. The minimum atomic E-state index is -0.349. The quantitative estimate of drug-likeness (QED) is 0.475. The van der Waals surface area contributed by atoms with Gasteiger partial charge < -0.3 is 29.6 Å². The summed E-state index contributed by atoms with van der Waals surface area (Å²) in [6.45, 7) is 1.67. The lowest BCUT2D eigenvalue weighted by Crippen LogP contribution is -2.30. The maximum absolute atomic E-state index is 13.9. The number of carbonyl (C=O) groups excluding carboxylic acids is 1. The zero-order valence-corrected chi connectivity index (χ0v) is 18.9. The highest BCUT2D eigenvalue weighted by molar-refractivity contribution is 5.89. The van der Waals surface area contributed by atoms with Crippen molar-refractivity contribution in [2.45, 2.75) is 26.2 Å². The lowest BCUT2D eigenvalue weighted by atomic mass is 10.1. The molecule has 0 unspecified atom stereocenters. The molecule has 3 aromatic carbocycles. The molecule has 2 N–H and O–H groups in total. The molecule has 4 rings (SSSR count). The summed E-state index contributed by atoms with van der Waals surface area (Å²) in [7, 11) is 1.63. The molecular formula is C26H27FN2O5. The Morgan fingerprint density at radius 3 is 2.71 bits per heavy atom. The van der Waals surface area contributed by atoms with Gasteiger partial charge in [0.05, 0.1) is 26.9 Å². The van der Waals surface area contributed by atoms with Crippen LogP contribution in [0, 0.1) is 5.82 Å². The lowest BCUT2D eigenvalue weighted by molar-refractivity contribution is -0.0172. The van der Waals surface area contributed by atoms with Crippen LogP contribution in [-0.2, 0) is 35.7 Å². The van der Waals surface area contributed by atoms with Crippen molar-refractivity contribution in [3.05, 3.63) is 88.7 Å². The van der Waals surface area contributed by atoms with Crippen molar-refractivity contribution < 1.29 is 28.1 Å². The second-order valence-electron chi connectivity index (χ2n) is 7.84. The number of ether oxygens (including phenoxy) is 4. The highest BCUT2D eigenvalue weighted by Crippen LogP contribution is 2.29. The normalized spacial score (nSPS) is 12.4. The van der Waals surface area contributed by atoms with Gasteiger partial charge >= 0.3 is 6.03 Å². The second-order valence-corrected chi connectivity index (χ2v) is 7.84. The number of amides is 2. The van der Waals surface area contributed by atoms with Gasteiger partial charge in [-0.25, -0.2) is 9.18 Å². The molecule has 0 radical (unpaired) electrons. The molecule has 7 nitrogen and oxygen atoms in total. The van der Waals surface area contributed by atoms with Crippen molar-refractivity contribution in [1.29, 1.82) is 0 Å². The molecule has 0 spiro atoms. The number of benzene rings is 3. The summed E-state index contributed by atoms with van der Waals surface area (Å²) in [4.78, 5) is 12.3. The smallest absolute Gasteiger partial charge is 0.319 e. The summed E-state index contributed by atoms with van der Waals surface area (Å²) in [6.07, 6.45) is 0.437. The first-order valence-electron chi connectivity index (χ1n) is 11.0. The van der Waals surface area contributed by atoms with Gasteiger partial charge in [-0.1, -0.05) is 24.3 Å². The number of anilines is 1. The maximum Gasteiger partial charge on any atom is 0.319 e. The molecule has 1 aliphatic heterocycles. The van der Waals surface area contributed by atoms with Crippen molar-refractivity contribution >= 4 is 11.7 Å². The molecule has 0 aromatic heterocycles. The number of urea groups is 1. The number of halogens is 1. The van der Waals surface area contributed by atoms with Crippen LogP contribution in [0.1, 0.15) is 22.3 Å². The molecule has 0 saturated carbocycles. The first-order valence-corrected chi connectivity index (χ1v) is 11.0. The van der Waals surface area contributed by atoms with Crippen LogP contribution in [0.25, 0.3) is 0 Å². The van der Waals surface area contributed by atoms with Crippen molar-refractivity contribution in [2.24, 2.45) is 0 Å². The first kappa shape index (κ1) is 23.5. The SMILES string of the molecule is COc1ccc(COCc2cccc(NC(=O)NCCc3cc(F)cc4c3OCOC4)c2)cc1. The van der Waals surface area contributed by atoms with E-state index in [0.717, 1.165) is 16.9 Å². The Balaban J connectivity index is 1.23. The fourth-order valence-electron chi connectivity index (χ4n) is 3.68. The molecule has 0 aliphatic carbocycles. The van der Waals surface area contributed by atoms with Gasteiger partial charge in [0.1, 0.15) is 17.3 Å². The summed E-state index contributed by atoms with van der Waals surface area (Å²) in [5.41, 5.74) is 4.03. The molecule has 2 amide bonds. The molecule has 1 heterocycles. The van der Waals surface area contributed by atoms with Crippen molar-refractivity contribution in [1.82, 2.24) is 5.32 Å². The minimum Gasteiger partial charge on any atom is -0.497 e. The molecule has 0 bridgehead atoms. The van der Waals surface area contributed by atoms with Crippen LogP contribution in [0.15, 0.2) is 60.7 Å². The van der Waals surface area contributed by atoms with Gasteiger partial charge in [0.2, 0.25) is 0 Å². The number of hydrogen-bond donors (Lipinski definition) is 2. The molecule has 34 heavy (non-hydrogen) atoms. The van der Waals surface area contributed by atoms with E-state index in [1.54, 1.807) is 7.11 Å². The third-order valence-corrected chi connectivity index (χ3v) is 5.31. The predicted molar refractivity (Wildman–Crippen MR) is 125 cm³/mol. The van der Waals surface area contributed by atoms with Gasteiger partial charge in [-0.3, -0.25) is 0 Å². The second kappa shape index (κ2) is 11.5. The summed E-state index contributed by atoms with van der Waals surface area (Å²) in [5, 5.41) is 5.62. The Morgan fingerprint density at radius 1 is 1.06 bits per heavy atom. The Labute approximate surface area is 197 Å². The van der Waals surface area contributed by atoms with E-state index in [1.165, 1.54) is 12.1 Å². The van der Waals surface area contributed by atoms with Gasteiger partial charge in [0.25, 0.3) is 0 Å². The zero-order valence-electron chi connectivity index (χ0n) is 18.9. The van der Waals surface area contributed by atoms with Crippen LogP contribution in [-0.4, -0.2) is 26.5 Å². The molecule has 1 aliphatic rings. The van der Waals surface area contributed by atoms with Crippen LogP contribution < -0.4 is 20.1 Å². The molecule has 3 aromatic rings. The highest BCUT2D eigenvalue weighted by atomic mass is 19.1. The van der Waals surface area contributed by atoms with Crippen molar-refractivity contribution in [3.8, 4) is 11.5 Å². The molecule has 8 heteroatoms. The summed E-state index contributed by atoms with van der Waals surface area (Å²) in [6, 6.07) is 17.7. The Hall–Kier alpha value is -3.62. The maximum atomic E-state index is 13.9. The minimum absolute atomic E-state index is 0.139. The summed E-state index contributed by atoms with van der Waals surface area (Å²) in [5.74, 6) is 1.09. The monoisotopic (exact) mass is 466 g/mol. The van der Waals surface area contributed by atoms with Gasteiger partial charge in [0.15, 0.2) is 6.79 Å². The van der Waals surface area contributed by atoms with E-state index in [-0.39, 0.29) is 18.6 Å². The summed E-state index contributed by atoms with van der Waals surface area (Å²) < 4.78 is 35.5. The number of fused-ring (bicyclic) bond motifs is 1. The van der Waals surface area contributed by atoms with Crippen molar-refractivity contribution in [2.75, 3.05) is 25.8 Å². The van der Waals surface area contributed by atoms with E-state index in [2.05, 4.69) is 10.6 Å². The number of nitrogens with one attached hydrogen (secondary N) is 2. The molecule has 178 valence electrons. The fraction of sp³-hybridized carbons (Fsp3) is 0.269. The van der Waals surface area contributed by atoms with Crippen LogP contribution in [0.5, 0.6) is 11.5 Å². The Kier molecular flexibility index (Phi) is 7.95.